The average molecular weight is 383 g/mol. The molecule has 0 aromatic heterocycles. The largest absolute Gasteiger partial charge is 0.285 e. The maximum atomic E-state index is 12.6. The molecule has 0 spiro atoms. The van der Waals surface area contributed by atoms with E-state index < -0.39 is 42.6 Å². The summed E-state index contributed by atoms with van der Waals surface area (Å²) in [5.74, 6) is -1.81. The van der Waals surface area contributed by atoms with Crippen molar-refractivity contribution in [2.75, 3.05) is 5.75 Å². The van der Waals surface area contributed by atoms with Crippen LogP contribution in [-0.2, 0) is 20.2 Å². The fourth-order valence-electron chi connectivity index (χ4n) is 5.32. The Morgan fingerprint density at radius 3 is 1.46 bits per heavy atom. The molecule has 2 rings (SSSR count). The van der Waals surface area contributed by atoms with Gasteiger partial charge in [-0.05, 0) is 36.5 Å². The highest BCUT2D eigenvalue weighted by Crippen LogP contribution is 2.51. The molecule has 2 aliphatic carbocycles. The molecule has 8 heteroatoms. The lowest BCUT2D eigenvalue weighted by Gasteiger charge is -2.50. The van der Waals surface area contributed by atoms with Gasteiger partial charge in [0.05, 0.1) is 5.75 Å². The quantitative estimate of drug-likeness (QED) is 0.707. The first-order chi connectivity index (χ1) is 11.0. The lowest BCUT2D eigenvalue weighted by Crippen LogP contribution is -2.60. The second-order valence-electron chi connectivity index (χ2n) is 7.89. The third-order valence-corrected chi connectivity index (χ3v) is 9.10. The van der Waals surface area contributed by atoms with Crippen LogP contribution in [-0.4, -0.2) is 36.4 Å². The normalized spacial score (nSPS) is 35.3. The van der Waals surface area contributed by atoms with E-state index in [4.69, 9.17) is 0 Å². The van der Waals surface area contributed by atoms with Gasteiger partial charge in [0.1, 0.15) is 4.75 Å². The van der Waals surface area contributed by atoms with Crippen LogP contribution >= 0.6 is 0 Å². The molecule has 2 aliphatic rings. The lowest BCUT2D eigenvalue weighted by molar-refractivity contribution is 0.0971. The molecular weight excluding hydrogens is 352 g/mol. The van der Waals surface area contributed by atoms with Gasteiger partial charge >= 0.3 is 0 Å². The van der Waals surface area contributed by atoms with E-state index in [9.17, 15) is 25.9 Å². The van der Waals surface area contributed by atoms with Crippen molar-refractivity contribution in [3.63, 3.8) is 0 Å². The molecule has 24 heavy (non-hydrogen) atoms. The molecule has 0 bridgehead atoms. The molecule has 4 atom stereocenters. The van der Waals surface area contributed by atoms with Gasteiger partial charge in [-0.15, -0.1) is 0 Å². The molecule has 2 N–H and O–H groups in total. The minimum absolute atomic E-state index is 0.00319. The van der Waals surface area contributed by atoms with Crippen LogP contribution in [0.4, 0.5) is 0 Å². The minimum Gasteiger partial charge on any atom is -0.285 e. The molecule has 142 valence electrons. The maximum absolute atomic E-state index is 12.6. The van der Waals surface area contributed by atoms with E-state index in [1.807, 2.05) is 13.8 Å². The zero-order valence-corrected chi connectivity index (χ0v) is 16.2. The maximum Gasteiger partial charge on any atom is 0.272 e. The Morgan fingerprint density at radius 2 is 1.17 bits per heavy atom. The minimum atomic E-state index is -4.66. The molecular formula is C16H30O6S2. The van der Waals surface area contributed by atoms with E-state index in [0.29, 0.717) is 12.8 Å². The monoisotopic (exact) mass is 382 g/mol. The van der Waals surface area contributed by atoms with Crippen molar-refractivity contribution >= 4 is 20.2 Å². The van der Waals surface area contributed by atoms with Gasteiger partial charge in [-0.3, -0.25) is 9.11 Å². The summed E-state index contributed by atoms with van der Waals surface area (Å²) < 4.78 is 66.7. The predicted molar refractivity (Wildman–Crippen MR) is 92.9 cm³/mol. The van der Waals surface area contributed by atoms with E-state index in [1.165, 1.54) is 0 Å². The van der Waals surface area contributed by atoms with Crippen LogP contribution < -0.4 is 0 Å². The standard InChI is InChI=1S/C16H30O6S2/c1-12-7-3-5-9-14(12)16(24(20,21)22,11-23(17,18)19)15-10-6-4-8-13(15)2/h12-15H,3-11H2,1-2H3,(H,17,18,19)(H,20,21,22). The Bertz CT molecular complexity index is 617. The summed E-state index contributed by atoms with van der Waals surface area (Å²) >= 11 is 0. The molecule has 6 nitrogen and oxygen atoms in total. The summed E-state index contributed by atoms with van der Waals surface area (Å²) in [5, 5.41) is 0. The highest BCUT2D eigenvalue weighted by Gasteiger charge is 2.59. The molecule has 0 aromatic carbocycles. The van der Waals surface area contributed by atoms with Gasteiger partial charge in [-0.25, -0.2) is 0 Å². The van der Waals surface area contributed by atoms with Gasteiger partial charge in [0, 0.05) is 0 Å². The number of hydrogen-bond acceptors (Lipinski definition) is 4. The first-order valence-corrected chi connectivity index (χ1v) is 12.0. The summed E-state index contributed by atoms with van der Waals surface area (Å²) in [6.45, 7) is 3.86. The van der Waals surface area contributed by atoms with Crippen molar-refractivity contribution < 1.29 is 25.9 Å². The first kappa shape index (κ1) is 20.1. The van der Waals surface area contributed by atoms with Crippen LogP contribution in [0.1, 0.15) is 65.2 Å². The van der Waals surface area contributed by atoms with Crippen LogP contribution in [0.5, 0.6) is 0 Å². The molecule has 0 heterocycles. The van der Waals surface area contributed by atoms with Crippen molar-refractivity contribution in [1.82, 2.24) is 0 Å². The second-order valence-corrected chi connectivity index (χ2v) is 11.1. The molecule has 4 unspecified atom stereocenters. The van der Waals surface area contributed by atoms with E-state index in [2.05, 4.69) is 0 Å². The second kappa shape index (κ2) is 7.21. The zero-order valence-electron chi connectivity index (χ0n) is 14.5. The van der Waals surface area contributed by atoms with Crippen LogP contribution in [0.25, 0.3) is 0 Å². The third-order valence-electron chi connectivity index (χ3n) is 6.37. The van der Waals surface area contributed by atoms with Crippen molar-refractivity contribution in [2.24, 2.45) is 23.7 Å². The molecule has 2 saturated carbocycles. The smallest absolute Gasteiger partial charge is 0.272 e. The number of rotatable bonds is 5. The fourth-order valence-corrected chi connectivity index (χ4v) is 8.82. The molecule has 0 radical (unpaired) electrons. The SMILES string of the molecule is CC1CCCCC1C(CS(=O)(=O)O)(C1CCCCC1C)S(=O)(=O)O. The molecule has 0 aliphatic heterocycles. The van der Waals surface area contributed by atoms with E-state index in [1.54, 1.807) is 0 Å². The van der Waals surface area contributed by atoms with Gasteiger partial charge in [-0.1, -0.05) is 52.4 Å². The van der Waals surface area contributed by atoms with Crippen molar-refractivity contribution in [3.05, 3.63) is 0 Å². The van der Waals surface area contributed by atoms with Gasteiger partial charge in [-0.2, -0.15) is 16.8 Å². The van der Waals surface area contributed by atoms with Gasteiger partial charge in [0.15, 0.2) is 0 Å². The topological polar surface area (TPSA) is 109 Å². The Kier molecular flexibility index (Phi) is 6.05. The molecule has 0 aromatic rings. The van der Waals surface area contributed by atoms with Gasteiger partial charge < -0.3 is 0 Å². The Hall–Kier alpha value is -0.180. The zero-order chi connectivity index (χ0) is 18.2. The summed E-state index contributed by atoms with van der Waals surface area (Å²) in [4.78, 5) is 0. The highest BCUT2D eigenvalue weighted by molar-refractivity contribution is 7.90. The Morgan fingerprint density at radius 1 is 0.792 bits per heavy atom. The Labute approximate surface area is 145 Å². The summed E-state index contributed by atoms with van der Waals surface area (Å²) in [6.07, 6.45) is 6.36. The summed E-state index contributed by atoms with van der Waals surface area (Å²) in [7, 11) is -9.21. The van der Waals surface area contributed by atoms with Crippen LogP contribution in [0.15, 0.2) is 0 Å². The predicted octanol–water partition coefficient (Wildman–Crippen LogP) is 3.15. The van der Waals surface area contributed by atoms with Crippen molar-refractivity contribution in [1.29, 1.82) is 0 Å². The van der Waals surface area contributed by atoms with Crippen molar-refractivity contribution in [3.8, 4) is 0 Å². The van der Waals surface area contributed by atoms with Crippen LogP contribution in [0.3, 0.4) is 0 Å². The van der Waals surface area contributed by atoms with Crippen LogP contribution in [0, 0.1) is 23.7 Å². The van der Waals surface area contributed by atoms with Crippen LogP contribution in [0.2, 0.25) is 0 Å². The average Bonchev–Trinajstić information content (AvgIpc) is 2.44. The van der Waals surface area contributed by atoms with Crippen molar-refractivity contribution in [2.45, 2.75) is 70.0 Å². The highest BCUT2D eigenvalue weighted by atomic mass is 32.2. The van der Waals surface area contributed by atoms with E-state index in [0.717, 1.165) is 38.5 Å². The van der Waals surface area contributed by atoms with E-state index >= 15 is 0 Å². The molecule has 2 fully saturated rings. The molecule has 0 amide bonds. The van der Waals surface area contributed by atoms with E-state index in [-0.39, 0.29) is 11.8 Å². The van der Waals surface area contributed by atoms with Gasteiger partial charge in [0.25, 0.3) is 20.2 Å². The fraction of sp³-hybridized carbons (Fsp3) is 1.00. The first-order valence-electron chi connectivity index (χ1n) is 8.91. The molecule has 0 saturated heterocycles. The summed E-state index contributed by atoms with van der Waals surface area (Å²) in [6, 6.07) is 0. The number of hydrogen-bond donors (Lipinski definition) is 2. The summed E-state index contributed by atoms with van der Waals surface area (Å²) in [5.41, 5.74) is 0. The lowest BCUT2D eigenvalue weighted by atomic mass is 9.63. The van der Waals surface area contributed by atoms with Gasteiger partial charge in [0.2, 0.25) is 0 Å². The Balaban J connectivity index is 2.63. The third kappa shape index (κ3) is 3.97.